The zero-order valence-corrected chi connectivity index (χ0v) is 12.8. The maximum absolute atomic E-state index is 3.44. The van der Waals surface area contributed by atoms with Crippen molar-refractivity contribution in [1.29, 1.82) is 0 Å². The molecule has 1 N–H and O–H groups in total. The summed E-state index contributed by atoms with van der Waals surface area (Å²) < 4.78 is 0. The van der Waals surface area contributed by atoms with Crippen molar-refractivity contribution in [1.82, 2.24) is 10.2 Å². The molecule has 2 heteroatoms. The van der Waals surface area contributed by atoms with E-state index in [1.54, 1.807) is 0 Å². The van der Waals surface area contributed by atoms with Crippen molar-refractivity contribution in [3.05, 3.63) is 0 Å². The smallest absolute Gasteiger partial charge is 0.0240 e. The van der Waals surface area contributed by atoms with Crippen LogP contribution in [0, 0.1) is 10.8 Å². The Morgan fingerprint density at radius 3 is 1.69 bits per heavy atom. The molecule has 0 aromatic heterocycles. The fraction of sp³-hybridized carbons (Fsp3) is 1.00. The number of rotatable bonds is 4. The molecule has 2 nitrogen and oxygen atoms in total. The summed E-state index contributed by atoms with van der Waals surface area (Å²) in [7, 11) is 4.29. The average Bonchev–Trinajstić information content (AvgIpc) is 2.08. The maximum Gasteiger partial charge on any atom is 0.0240 e. The zero-order valence-electron chi connectivity index (χ0n) is 12.8. The lowest BCUT2D eigenvalue weighted by atomic mass is 9.84. The van der Waals surface area contributed by atoms with Crippen LogP contribution in [0.15, 0.2) is 0 Å². The van der Waals surface area contributed by atoms with Crippen LogP contribution < -0.4 is 5.32 Å². The normalized spacial score (nSPS) is 17.6. The summed E-state index contributed by atoms with van der Waals surface area (Å²) >= 11 is 0. The van der Waals surface area contributed by atoms with Crippen LogP contribution in [-0.2, 0) is 0 Å². The summed E-state index contributed by atoms with van der Waals surface area (Å²) in [6.07, 6.45) is 0. The predicted octanol–water partition coefficient (Wildman–Crippen LogP) is 2.99. The molecule has 0 saturated carbocycles. The summed E-state index contributed by atoms with van der Waals surface area (Å²) in [5.41, 5.74) is 0.644. The van der Waals surface area contributed by atoms with Gasteiger partial charge in [-0.05, 0) is 31.8 Å². The van der Waals surface area contributed by atoms with E-state index in [0.717, 1.165) is 6.54 Å². The lowest BCUT2D eigenvalue weighted by Gasteiger charge is -2.40. The molecular formula is C14H32N2. The number of hydrogen-bond donors (Lipinski definition) is 1. The minimum atomic E-state index is 0.306. The van der Waals surface area contributed by atoms with Crippen molar-refractivity contribution in [3.63, 3.8) is 0 Å². The third kappa shape index (κ3) is 4.84. The van der Waals surface area contributed by atoms with E-state index in [2.05, 4.69) is 72.8 Å². The third-order valence-corrected chi connectivity index (χ3v) is 3.78. The Hall–Kier alpha value is -0.0800. The van der Waals surface area contributed by atoms with E-state index in [1.807, 2.05) is 0 Å². The molecule has 0 radical (unpaired) electrons. The second-order valence-electron chi connectivity index (χ2n) is 7.19. The van der Waals surface area contributed by atoms with Gasteiger partial charge in [-0.3, -0.25) is 0 Å². The lowest BCUT2D eigenvalue weighted by Crippen LogP contribution is -2.50. The van der Waals surface area contributed by atoms with Crippen molar-refractivity contribution >= 4 is 0 Å². The monoisotopic (exact) mass is 228 g/mol. The first-order chi connectivity index (χ1) is 7.00. The second kappa shape index (κ2) is 5.50. The molecule has 0 heterocycles. The molecule has 2 unspecified atom stereocenters. The highest BCUT2D eigenvalue weighted by Crippen LogP contribution is 2.25. The van der Waals surface area contributed by atoms with Crippen molar-refractivity contribution in [2.45, 2.75) is 60.5 Å². The van der Waals surface area contributed by atoms with E-state index in [-0.39, 0.29) is 0 Å². The molecule has 0 aliphatic rings. The van der Waals surface area contributed by atoms with Gasteiger partial charge in [0.05, 0.1) is 0 Å². The molecule has 0 aliphatic carbocycles. The molecule has 0 rings (SSSR count). The van der Waals surface area contributed by atoms with E-state index in [9.17, 15) is 0 Å². The maximum atomic E-state index is 3.44. The van der Waals surface area contributed by atoms with Gasteiger partial charge in [-0.25, -0.2) is 0 Å². The minimum Gasteiger partial charge on any atom is -0.315 e. The van der Waals surface area contributed by atoms with Gasteiger partial charge >= 0.3 is 0 Å². The molecule has 0 bridgehead atoms. The highest BCUT2D eigenvalue weighted by molar-refractivity contribution is 4.85. The topological polar surface area (TPSA) is 15.3 Å². The number of nitrogens with one attached hydrogen (secondary N) is 1. The first-order valence-electron chi connectivity index (χ1n) is 6.37. The van der Waals surface area contributed by atoms with Gasteiger partial charge in [-0.2, -0.15) is 0 Å². The van der Waals surface area contributed by atoms with Crippen molar-refractivity contribution in [3.8, 4) is 0 Å². The van der Waals surface area contributed by atoms with Crippen molar-refractivity contribution < 1.29 is 0 Å². The molecule has 0 aliphatic heterocycles. The number of nitrogens with zero attached hydrogens (tertiary/aromatic N) is 1. The molecule has 0 saturated heterocycles. The predicted molar refractivity (Wildman–Crippen MR) is 73.8 cm³/mol. The fourth-order valence-electron chi connectivity index (χ4n) is 1.91. The molecule has 16 heavy (non-hydrogen) atoms. The van der Waals surface area contributed by atoms with Crippen LogP contribution in [0.1, 0.15) is 48.5 Å². The van der Waals surface area contributed by atoms with E-state index in [0.29, 0.717) is 22.9 Å². The van der Waals surface area contributed by atoms with Crippen LogP contribution >= 0.6 is 0 Å². The quantitative estimate of drug-likeness (QED) is 0.796. The number of likely N-dealkylation sites (N-methyl/N-ethyl adjacent to an activating group) is 2. The summed E-state index contributed by atoms with van der Waals surface area (Å²) in [4.78, 5) is 2.46. The summed E-state index contributed by atoms with van der Waals surface area (Å²) in [5, 5.41) is 3.44. The average molecular weight is 228 g/mol. The first kappa shape index (κ1) is 15.9. The third-order valence-electron chi connectivity index (χ3n) is 3.78. The highest BCUT2D eigenvalue weighted by Gasteiger charge is 2.29. The van der Waals surface area contributed by atoms with Gasteiger partial charge in [0.25, 0.3) is 0 Å². The van der Waals surface area contributed by atoms with Gasteiger partial charge in [0, 0.05) is 18.6 Å². The summed E-state index contributed by atoms with van der Waals surface area (Å²) in [6, 6.07) is 1.12. The molecule has 0 fully saturated rings. The molecule has 0 aromatic rings. The SMILES string of the molecule is CNC(CN(C)C(C)C(C)(C)C)C(C)(C)C. The molecule has 2 atom stereocenters. The van der Waals surface area contributed by atoms with E-state index >= 15 is 0 Å². The Kier molecular flexibility index (Phi) is 5.48. The Morgan fingerprint density at radius 2 is 1.44 bits per heavy atom. The largest absolute Gasteiger partial charge is 0.315 e. The molecule has 0 spiro atoms. The van der Waals surface area contributed by atoms with Gasteiger partial charge in [0.2, 0.25) is 0 Å². The van der Waals surface area contributed by atoms with Crippen molar-refractivity contribution in [2.24, 2.45) is 10.8 Å². The van der Waals surface area contributed by atoms with Crippen LogP contribution in [0.5, 0.6) is 0 Å². The van der Waals surface area contributed by atoms with Gasteiger partial charge < -0.3 is 10.2 Å². The molecule has 0 aromatic carbocycles. The second-order valence-corrected chi connectivity index (χ2v) is 7.19. The van der Waals surface area contributed by atoms with Crippen LogP contribution in [-0.4, -0.2) is 37.6 Å². The van der Waals surface area contributed by atoms with Gasteiger partial charge in [0.15, 0.2) is 0 Å². The summed E-state index contributed by atoms with van der Waals surface area (Å²) in [6.45, 7) is 17.2. The Bertz CT molecular complexity index is 198. The summed E-state index contributed by atoms with van der Waals surface area (Å²) in [5.74, 6) is 0. The zero-order chi connectivity index (χ0) is 13.1. The van der Waals surface area contributed by atoms with Crippen LogP contribution in [0.25, 0.3) is 0 Å². The van der Waals surface area contributed by atoms with Crippen LogP contribution in [0.3, 0.4) is 0 Å². The fourth-order valence-corrected chi connectivity index (χ4v) is 1.91. The Labute approximate surface area is 103 Å². The van der Waals surface area contributed by atoms with E-state index in [1.165, 1.54) is 0 Å². The van der Waals surface area contributed by atoms with E-state index < -0.39 is 0 Å². The van der Waals surface area contributed by atoms with E-state index in [4.69, 9.17) is 0 Å². The molecule has 98 valence electrons. The minimum absolute atomic E-state index is 0.306. The first-order valence-corrected chi connectivity index (χ1v) is 6.37. The van der Waals surface area contributed by atoms with Gasteiger partial charge in [0.1, 0.15) is 0 Å². The molecule has 0 amide bonds. The highest BCUT2D eigenvalue weighted by atomic mass is 15.2. The Balaban J connectivity index is 4.49. The van der Waals surface area contributed by atoms with Crippen LogP contribution in [0.2, 0.25) is 0 Å². The van der Waals surface area contributed by atoms with Crippen molar-refractivity contribution in [2.75, 3.05) is 20.6 Å². The number of hydrogen-bond acceptors (Lipinski definition) is 2. The van der Waals surface area contributed by atoms with Gasteiger partial charge in [-0.15, -0.1) is 0 Å². The lowest BCUT2D eigenvalue weighted by molar-refractivity contribution is 0.107. The standard InChI is InChI=1S/C14H32N2/c1-11(13(2,3)4)16(9)10-12(15-8)14(5,6)7/h11-12,15H,10H2,1-9H3. The van der Waals surface area contributed by atoms with Crippen LogP contribution in [0.4, 0.5) is 0 Å². The molecular weight excluding hydrogens is 196 g/mol. The Morgan fingerprint density at radius 1 is 1.00 bits per heavy atom. The van der Waals surface area contributed by atoms with Gasteiger partial charge in [-0.1, -0.05) is 41.5 Å².